The van der Waals surface area contributed by atoms with Crippen molar-refractivity contribution in [3.8, 4) is 0 Å². The Bertz CT molecular complexity index is 437. The number of pyridine rings is 1. The molecule has 0 fully saturated rings. The first kappa shape index (κ1) is 16.6. The van der Waals surface area contributed by atoms with Crippen molar-refractivity contribution in [3.05, 3.63) is 20.4 Å². The second-order valence-electron chi connectivity index (χ2n) is 3.19. The van der Waals surface area contributed by atoms with Gasteiger partial charge in [-0.3, -0.25) is 0 Å². The van der Waals surface area contributed by atoms with Crippen LogP contribution in [0.3, 0.4) is 0 Å². The fourth-order valence-corrected chi connectivity index (χ4v) is 3.70. The van der Waals surface area contributed by atoms with E-state index >= 15 is 0 Å². The zero-order chi connectivity index (χ0) is 13.9. The summed E-state index contributed by atoms with van der Waals surface area (Å²) in [6, 6.07) is 0. The van der Waals surface area contributed by atoms with Gasteiger partial charge in [-0.05, 0) is 13.8 Å². The summed E-state index contributed by atoms with van der Waals surface area (Å²) in [5.74, 6) is 0. The number of rotatable bonds is 3. The van der Waals surface area contributed by atoms with Gasteiger partial charge in [-0.15, -0.1) is 0 Å². The average molecular weight is 364 g/mol. The summed E-state index contributed by atoms with van der Waals surface area (Å²) >= 11 is 30.5. The highest BCUT2D eigenvalue weighted by atomic mass is 35.5. The monoisotopic (exact) mass is 362 g/mol. The van der Waals surface area contributed by atoms with Crippen molar-refractivity contribution in [3.63, 3.8) is 0 Å². The molecule has 0 radical (unpaired) electrons. The lowest BCUT2D eigenvalue weighted by molar-refractivity contribution is 0.482. The van der Waals surface area contributed by atoms with E-state index in [9.17, 15) is 0 Å². The molecule has 0 saturated carbocycles. The third-order valence-electron chi connectivity index (χ3n) is 2.17. The van der Waals surface area contributed by atoms with Gasteiger partial charge in [-0.1, -0.05) is 70.4 Å². The minimum Gasteiger partial charge on any atom is -0.358 e. The van der Waals surface area contributed by atoms with E-state index in [1.807, 2.05) is 18.7 Å². The van der Waals surface area contributed by atoms with Gasteiger partial charge in [0.15, 0.2) is 10.3 Å². The Morgan fingerprint density at radius 2 is 1.56 bits per heavy atom. The summed E-state index contributed by atoms with van der Waals surface area (Å²) in [7, 11) is 0. The Kier molecular flexibility index (Phi) is 6.79. The Hall–Kier alpha value is 0.550. The smallest absolute Gasteiger partial charge is 0.150 e. The topological polar surface area (TPSA) is 16.1 Å². The van der Waals surface area contributed by atoms with E-state index < -0.39 is 0 Å². The van der Waals surface area contributed by atoms with E-state index in [0.29, 0.717) is 9.22 Å². The number of nitrogens with zero attached hydrogens (tertiary/aromatic N) is 2. The van der Waals surface area contributed by atoms with Crippen LogP contribution in [-0.2, 0) is 0 Å². The standard InChI is InChI=1S/C10H10Cl4N2S2/c1-3-16(4-2)10(17)18-7-5(11)8(13)15-9(14)6(7)12/h3-4H2,1-2H3. The molecular formula is C10H10Cl4N2S2. The van der Waals surface area contributed by atoms with E-state index in [2.05, 4.69) is 4.98 Å². The third kappa shape index (κ3) is 3.78. The molecule has 0 aromatic carbocycles. The summed E-state index contributed by atoms with van der Waals surface area (Å²) in [6.45, 7) is 5.66. The van der Waals surface area contributed by atoms with Gasteiger partial charge < -0.3 is 4.90 Å². The predicted octanol–water partition coefficient (Wildman–Crippen LogP) is 5.41. The molecule has 0 unspecified atom stereocenters. The van der Waals surface area contributed by atoms with Crippen LogP contribution >= 0.6 is 70.4 Å². The Balaban J connectivity index is 3.08. The normalized spacial score (nSPS) is 10.6. The van der Waals surface area contributed by atoms with Crippen molar-refractivity contribution in [2.45, 2.75) is 18.7 Å². The zero-order valence-corrected chi connectivity index (χ0v) is 14.3. The molecule has 0 spiro atoms. The number of thiocarbonyl (C=S) groups is 1. The molecular weight excluding hydrogens is 354 g/mol. The Morgan fingerprint density at radius 1 is 1.11 bits per heavy atom. The van der Waals surface area contributed by atoms with E-state index in [-0.39, 0.29) is 20.4 Å². The fraction of sp³-hybridized carbons (Fsp3) is 0.400. The Morgan fingerprint density at radius 3 is 1.94 bits per heavy atom. The van der Waals surface area contributed by atoms with Crippen LogP contribution in [0.5, 0.6) is 0 Å². The lowest BCUT2D eigenvalue weighted by Gasteiger charge is -2.21. The molecule has 0 aliphatic heterocycles. The van der Waals surface area contributed by atoms with Gasteiger partial charge in [0.2, 0.25) is 0 Å². The number of halogens is 4. The molecule has 1 heterocycles. The predicted molar refractivity (Wildman–Crippen MR) is 85.7 cm³/mol. The van der Waals surface area contributed by atoms with Crippen LogP contribution in [0.2, 0.25) is 20.4 Å². The van der Waals surface area contributed by atoms with E-state index in [4.69, 9.17) is 58.6 Å². The fourth-order valence-electron chi connectivity index (χ4n) is 1.19. The molecule has 0 aliphatic carbocycles. The van der Waals surface area contributed by atoms with Crippen molar-refractivity contribution in [2.24, 2.45) is 0 Å². The lowest BCUT2D eigenvalue weighted by Crippen LogP contribution is -2.26. The Labute approximate surface area is 136 Å². The summed E-state index contributed by atoms with van der Waals surface area (Å²) in [5, 5.41) is 0.781. The van der Waals surface area contributed by atoms with Crippen LogP contribution in [0, 0.1) is 0 Å². The lowest BCUT2D eigenvalue weighted by atomic mass is 10.5. The van der Waals surface area contributed by atoms with Crippen molar-refractivity contribution in [1.82, 2.24) is 9.88 Å². The van der Waals surface area contributed by atoms with E-state index in [1.165, 1.54) is 11.8 Å². The van der Waals surface area contributed by atoms with Gasteiger partial charge in [-0.2, -0.15) is 0 Å². The van der Waals surface area contributed by atoms with E-state index in [1.54, 1.807) is 0 Å². The molecule has 1 rings (SSSR count). The van der Waals surface area contributed by atoms with Gasteiger partial charge >= 0.3 is 0 Å². The number of hydrogen-bond donors (Lipinski definition) is 0. The van der Waals surface area contributed by atoms with Crippen molar-refractivity contribution in [1.29, 1.82) is 0 Å². The molecule has 0 amide bonds. The summed E-state index contributed by atoms with van der Waals surface area (Å²) < 4.78 is 0.669. The van der Waals surface area contributed by atoms with Crippen molar-refractivity contribution < 1.29 is 0 Å². The molecule has 8 heteroatoms. The molecule has 1 aromatic rings. The maximum absolute atomic E-state index is 6.07. The molecule has 100 valence electrons. The van der Waals surface area contributed by atoms with Crippen LogP contribution < -0.4 is 0 Å². The first-order chi connectivity index (χ1) is 8.42. The summed E-state index contributed by atoms with van der Waals surface area (Å²) in [5.41, 5.74) is 0. The molecule has 18 heavy (non-hydrogen) atoms. The molecule has 2 nitrogen and oxygen atoms in total. The molecule has 0 bridgehead atoms. The van der Waals surface area contributed by atoms with Gasteiger partial charge in [0, 0.05) is 13.1 Å². The highest BCUT2D eigenvalue weighted by Gasteiger charge is 2.19. The largest absolute Gasteiger partial charge is 0.358 e. The van der Waals surface area contributed by atoms with Crippen LogP contribution in [0.4, 0.5) is 0 Å². The molecule has 0 N–H and O–H groups in total. The molecule has 0 aliphatic rings. The second kappa shape index (κ2) is 7.36. The average Bonchev–Trinajstić information content (AvgIpc) is 2.33. The molecule has 0 saturated heterocycles. The van der Waals surface area contributed by atoms with Crippen LogP contribution in [0.1, 0.15) is 13.8 Å². The first-order valence-corrected chi connectivity index (χ1v) is 7.82. The maximum Gasteiger partial charge on any atom is 0.150 e. The molecule has 1 aromatic heterocycles. The summed E-state index contributed by atoms with van der Waals surface area (Å²) in [6.07, 6.45) is 0. The van der Waals surface area contributed by atoms with Crippen LogP contribution in [0.25, 0.3) is 0 Å². The quantitative estimate of drug-likeness (QED) is 0.405. The number of aromatic nitrogens is 1. The number of hydrogen-bond acceptors (Lipinski definition) is 3. The summed E-state index contributed by atoms with van der Waals surface area (Å²) in [4.78, 5) is 6.37. The van der Waals surface area contributed by atoms with Crippen molar-refractivity contribution >= 4 is 74.7 Å². The zero-order valence-electron chi connectivity index (χ0n) is 9.64. The SMILES string of the molecule is CCN(CC)C(=S)Sc1c(Cl)c(Cl)nc(Cl)c1Cl. The first-order valence-electron chi connectivity index (χ1n) is 5.09. The van der Waals surface area contributed by atoms with Gasteiger partial charge in [0.05, 0.1) is 14.9 Å². The van der Waals surface area contributed by atoms with Gasteiger partial charge in [0.1, 0.15) is 4.32 Å². The van der Waals surface area contributed by atoms with Gasteiger partial charge in [-0.25, -0.2) is 4.98 Å². The number of thioether (sulfide) groups is 1. The molecule has 0 atom stereocenters. The third-order valence-corrected chi connectivity index (χ3v) is 5.42. The second-order valence-corrected chi connectivity index (χ2v) is 6.31. The highest BCUT2D eigenvalue weighted by Crippen LogP contribution is 2.41. The maximum atomic E-state index is 6.07. The van der Waals surface area contributed by atoms with Gasteiger partial charge in [0.25, 0.3) is 0 Å². The van der Waals surface area contributed by atoms with Crippen molar-refractivity contribution in [2.75, 3.05) is 13.1 Å². The minimum absolute atomic E-state index is 0.121. The van der Waals surface area contributed by atoms with Crippen LogP contribution in [0.15, 0.2) is 4.90 Å². The van der Waals surface area contributed by atoms with Crippen LogP contribution in [-0.4, -0.2) is 27.3 Å². The van der Waals surface area contributed by atoms with E-state index in [0.717, 1.165) is 13.1 Å². The highest BCUT2D eigenvalue weighted by molar-refractivity contribution is 8.23. The minimum atomic E-state index is 0.121.